The molecule has 3 N–H and O–H groups in total. The average Bonchev–Trinajstić information content (AvgIpc) is 2.61. The number of nitrogens with one attached hydrogen (secondary N) is 2. The van der Waals surface area contributed by atoms with E-state index in [9.17, 15) is 9.90 Å². The van der Waals surface area contributed by atoms with Crippen molar-refractivity contribution in [3.05, 3.63) is 35.9 Å². The van der Waals surface area contributed by atoms with Crippen molar-refractivity contribution in [2.75, 3.05) is 19.6 Å². The maximum atomic E-state index is 11.9. The first-order valence-electron chi connectivity index (χ1n) is 9.11. The molecule has 2 amide bonds. The second-order valence-corrected chi connectivity index (χ2v) is 6.69. The summed E-state index contributed by atoms with van der Waals surface area (Å²) in [4.78, 5) is 14.4. The fourth-order valence-electron chi connectivity index (χ4n) is 3.26. The van der Waals surface area contributed by atoms with Gasteiger partial charge in [0.05, 0.1) is 6.10 Å². The van der Waals surface area contributed by atoms with E-state index in [1.165, 1.54) is 5.56 Å². The van der Waals surface area contributed by atoms with E-state index in [0.717, 1.165) is 38.8 Å². The zero-order valence-electron chi connectivity index (χ0n) is 14.9. The van der Waals surface area contributed by atoms with Gasteiger partial charge in [0.25, 0.3) is 0 Å². The highest BCUT2D eigenvalue weighted by Crippen LogP contribution is 2.23. The summed E-state index contributed by atoms with van der Waals surface area (Å²) < 4.78 is 0. The van der Waals surface area contributed by atoms with E-state index >= 15 is 0 Å². The van der Waals surface area contributed by atoms with Crippen molar-refractivity contribution < 1.29 is 9.90 Å². The number of likely N-dealkylation sites (tertiary alicyclic amines) is 1. The molecule has 1 aliphatic heterocycles. The standard InChI is InChI=1S/C19H31N3O2/c1-3-7-18(23)14-20-19(24)21-17-10-12-22(13-11-17)15(2)16-8-5-4-6-9-16/h4-6,8-9,15,17-18,23H,3,7,10-14H2,1-2H3,(H2,20,21,24). The van der Waals surface area contributed by atoms with Crippen molar-refractivity contribution in [3.8, 4) is 0 Å². The van der Waals surface area contributed by atoms with Gasteiger partial charge in [0.15, 0.2) is 0 Å². The van der Waals surface area contributed by atoms with Crippen LogP contribution in [0.3, 0.4) is 0 Å². The topological polar surface area (TPSA) is 64.6 Å². The van der Waals surface area contributed by atoms with Crippen molar-refractivity contribution in [2.24, 2.45) is 0 Å². The van der Waals surface area contributed by atoms with Crippen LogP contribution >= 0.6 is 0 Å². The van der Waals surface area contributed by atoms with E-state index < -0.39 is 6.10 Å². The van der Waals surface area contributed by atoms with Gasteiger partial charge >= 0.3 is 6.03 Å². The Balaban J connectivity index is 1.70. The van der Waals surface area contributed by atoms with Crippen molar-refractivity contribution in [1.82, 2.24) is 15.5 Å². The molecule has 2 unspecified atom stereocenters. The van der Waals surface area contributed by atoms with Gasteiger partial charge < -0.3 is 15.7 Å². The highest BCUT2D eigenvalue weighted by atomic mass is 16.3. The van der Waals surface area contributed by atoms with Gasteiger partial charge in [-0.2, -0.15) is 0 Å². The molecular weight excluding hydrogens is 302 g/mol. The summed E-state index contributed by atoms with van der Waals surface area (Å²) in [6, 6.07) is 11.0. The number of piperidine rings is 1. The molecule has 0 saturated carbocycles. The number of benzene rings is 1. The zero-order chi connectivity index (χ0) is 17.4. The number of rotatable bonds is 7. The van der Waals surface area contributed by atoms with Crippen LogP contribution in [0, 0.1) is 0 Å². The van der Waals surface area contributed by atoms with Crippen molar-refractivity contribution >= 4 is 6.03 Å². The number of nitrogens with zero attached hydrogens (tertiary/aromatic N) is 1. The molecule has 5 nitrogen and oxygen atoms in total. The molecular formula is C19H31N3O2. The Hall–Kier alpha value is -1.59. The first-order valence-corrected chi connectivity index (χ1v) is 9.11. The van der Waals surface area contributed by atoms with Crippen molar-refractivity contribution in [3.63, 3.8) is 0 Å². The van der Waals surface area contributed by atoms with E-state index in [-0.39, 0.29) is 12.1 Å². The maximum Gasteiger partial charge on any atom is 0.315 e. The molecule has 1 aliphatic rings. The second-order valence-electron chi connectivity index (χ2n) is 6.69. The molecule has 1 aromatic rings. The second kappa shape index (κ2) is 9.64. The van der Waals surface area contributed by atoms with Gasteiger partial charge in [0.2, 0.25) is 0 Å². The van der Waals surface area contributed by atoms with Crippen LogP contribution in [0.1, 0.15) is 51.1 Å². The fourth-order valence-corrected chi connectivity index (χ4v) is 3.26. The van der Waals surface area contributed by atoms with Gasteiger partial charge in [-0.15, -0.1) is 0 Å². The number of carbonyl (C=O) groups excluding carboxylic acids is 1. The maximum absolute atomic E-state index is 11.9. The van der Waals surface area contributed by atoms with Crippen LogP contribution in [-0.2, 0) is 0 Å². The van der Waals surface area contributed by atoms with Crippen LogP contribution in [0.2, 0.25) is 0 Å². The minimum absolute atomic E-state index is 0.167. The summed E-state index contributed by atoms with van der Waals surface area (Å²) >= 11 is 0. The Morgan fingerprint density at radius 1 is 1.29 bits per heavy atom. The van der Waals surface area contributed by atoms with Gasteiger partial charge in [0.1, 0.15) is 0 Å². The predicted molar refractivity (Wildman–Crippen MR) is 96.9 cm³/mol. The Kier molecular flexibility index (Phi) is 7.53. The zero-order valence-corrected chi connectivity index (χ0v) is 14.9. The Labute approximate surface area is 145 Å². The smallest absolute Gasteiger partial charge is 0.315 e. The number of urea groups is 1. The SMILES string of the molecule is CCCC(O)CNC(=O)NC1CCN(C(C)c2ccccc2)CC1. The normalized spacial score (nSPS) is 18.8. The lowest BCUT2D eigenvalue weighted by molar-refractivity contribution is 0.147. The molecule has 1 saturated heterocycles. The van der Waals surface area contributed by atoms with E-state index in [0.29, 0.717) is 12.6 Å². The lowest BCUT2D eigenvalue weighted by Crippen LogP contribution is -2.49. The van der Waals surface area contributed by atoms with Crippen molar-refractivity contribution in [1.29, 1.82) is 0 Å². The third kappa shape index (κ3) is 5.80. The number of carbonyl (C=O) groups is 1. The molecule has 134 valence electrons. The minimum Gasteiger partial charge on any atom is -0.391 e. The van der Waals surface area contributed by atoms with Gasteiger partial charge in [0, 0.05) is 31.7 Å². The largest absolute Gasteiger partial charge is 0.391 e. The summed E-state index contributed by atoms with van der Waals surface area (Å²) in [6.07, 6.45) is 3.11. The van der Waals surface area contributed by atoms with Gasteiger partial charge in [-0.3, -0.25) is 4.90 Å². The van der Waals surface area contributed by atoms with E-state index in [4.69, 9.17) is 0 Å². The first-order chi connectivity index (χ1) is 11.6. The van der Waals surface area contributed by atoms with Crippen molar-refractivity contribution in [2.45, 2.75) is 57.7 Å². The summed E-state index contributed by atoms with van der Waals surface area (Å²) in [5.74, 6) is 0. The van der Waals surface area contributed by atoms with E-state index in [1.54, 1.807) is 0 Å². The molecule has 24 heavy (non-hydrogen) atoms. The fraction of sp³-hybridized carbons (Fsp3) is 0.632. The molecule has 0 aliphatic carbocycles. The molecule has 0 bridgehead atoms. The number of hydrogen-bond donors (Lipinski definition) is 3. The minimum atomic E-state index is -0.450. The Morgan fingerprint density at radius 3 is 2.58 bits per heavy atom. The molecule has 2 rings (SSSR count). The monoisotopic (exact) mass is 333 g/mol. The molecule has 2 atom stereocenters. The highest BCUT2D eigenvalue weighted by molar-refractivity contribution is 5.74. The van der Waals surface area contributed by atoms with Crippen LogP contribution in [0.15, 0.2) is 30.3 Å². The lowest BCUT2D eigenvalue weighted by Gasteiger charge is -2.36. The number of amides is 2. The summed E-state index contributed by atoms with van der Waals surface area (Å²) in [7, 11) is 0. The Morgan fingerprint density at radius 2 is 1.96 bits per heavy atom. The highest BCUT2D eigenvalue weighted by Gasteiger charge is 2.24. The predicted octanol–water partition coefficient (Wildman–Crippen LogP) is 2.67. The molecule has 1 fully saturated rings. The summed E-state index contributed by atoms with van der Waals surface area (Å²) in [6.45, 7) is 6.56. The van der Waals surface area contributed by atoms with Crippen LogP contribution < -0.4 is 10.6 Å². The number of aliphatic hydroxyl groups is 1. The average molecular weight is 333 g/mol. The van der Waals surface area contributed by atoms with Gasteiger partial charge in [-0.25, -0.2) is 4.79 Å². The van der Waals surface area contributed by atoms with Gasteiger partial charge in [-0.05, 0) is 31.7 Å². The van der Waals surface area contributed by atoms with E-state index in [1.807, 2.05) is 13.0 Å². The molecule has 1 heterocycles. The first kappa shape index (κ1) is 18.7. The summed E-state index contributed by atoms with van der Waals surface area (Å²) in [5, 5.41) is 15.4. The van der Waals surface area contributed by atoms with Crippen LogP contribution in [0.4, 0.5) is 4.79 Å². The van der Waals surface area contributed by atoms with Crippen LogP contribution in [-0.4, -0.2) is 47.8 Å². The molecule has 0 spiro atoms. The molecule has 5 heteroatoms. The molecule has 0 aromatic heterocycles. The quantitative estimate of drug-likeness (QED) is 0.719. The summed E-state index contributed by atoms with van der Waals surface area (Å²) in [5.41, 5.74) is 1.34. The third-order valence-corrected chi connectivity index (χ3v) is 4.81. The third-order valence-electron chi connectivity index (χ3n) is 4.81. The molecule has 0 radical (unpaired) electrons. The lowest BCUT2D eigenvalue weighted by atomic mass is 10.0. The number of hydrogen-bond acceptors (Lipinski definition) is 3. The van der Waals surface area contributed by atoms with E-state index in [2.05, 4.69) is 46.7 Å². The number of aliphatic hydroxyl groups excluding tert-OH is 1. The Bertz CT molecular complexity index is 487. The van der Waals surface area contributed by atoms with Crippen LogP contribution in [0.5, 0.6) is 0 Å². The van der Waals surface area contributed by atoms with Gasteiger partial charge in [-0.1, -0.05) is 43.7 Å². The molecule has 1 aromatic carbocycles. The van der Waals surface area contributed by atoms with Crippen LogP contribution in [0.25, 0.3) is 0 Å².